The smallest absolute Gasteiger partial charge is 0.115 e. The minimum absolute atomic E-state index is 0.151. The van der Waals surface area contributed by atoms with Gasteiger partial charge in [0.1, 0.15) is 23.0 Å². The standard InChI is InChI=1S/C15H16O2.C14H14O2/c1-15(2,11-3-7-13(16)8-4-11)12-5-9-14(17)10-6-12;1-10(11-2-6-13(15)7-3-11)12-4-8-14(16)9-5-12/h3-10,16-17H,1-2H3;2-10,15-16H,1H3. The van der Waals surface area contributed by atoms with E-state index in [-0.39, 0.29) is 34.3 Å². The summed E-state index contributed by atoms with van der Waals surface area (Å²) in [4.78, 5) is 0. The quantitative estimate of drug-likeness (QED) is 0.284. The third-order valence-corrected chi connectivity index (χ3v) is 5.96. The molecule has 0 aliphatic rings. The summed E-state index contributed by atoms with van der Waals surface area (Å²) in [5.74, 6) is 1.36. The molecule has 0 radical (unpaired) electrons. The first-order valence-electron chi connectivity index (χ1n) is 10.8. The van der Waals surface area contributed by atoms with Gasteiger partial charge < -0.3 is 20.4 Å². The first kappa shape index (κ1) is 23.7. The number of rotatable bonds is 4. The van der Waals surface area contributed by atoms with Crippen LogP contribution < -0.4 is 0 Å². The van der Waals surface area contributed by atoms with Crippen molar-refractivity contribution < 1.29 is 20.4 Å². The summed E-state index contributed by atoms with van der Waals surface area (Å²) in [6.07, 6.45) is 0. The zero-order valence-corrected chi connectivity index (χ0v) is 19.1. The van der Waals surface area contributed by atoms with Gasteiger partial charge in [0.05, 0.1) is 0 Å². The molecule has 0 spiro atoms. The first-order valence-corrected chi connectivity index (χ1v) is 10.8. The minimum Gasteiger partial charge on any atom is -0.508 e. The van der Waals surface area contributed by atoms with E-state index in [1.807, 2.05) is 48.5 Å². The zero-order chi connectivity index (χ0) is 24.0. The van der Waals surface area contributed by atoms with Crippen molar-refractivity contribution in [3.05, 3.63) is 119 Å². The maximum Gasteiger partial charge on any atom is 0.115 e. The van der Waals surface area contributed by atoms with Gasteiger partial charge in [-0.15, -0.1) is 0 Å². The Kier molecular flexibility index (Phi) is 7.29. The second kappa shape index (κ2) is 10.1. The van der Waals surface area contributed by atoms with E-state index in [0.717, 1.165) is 22.3 Å². The molecule has 0 aliphatic heterocycles. The highest BCUT2D eigenvalue weighted by Crippen LogP contribution is 2.33. The van der Waals surface area contributed by atoms with Gasteiger partial charge in [-0.25, -0.2) is 0 Å². The van der Waals surface area contributed by atoms with Crippen LogP contribution in [0.3, 0.4) is 0 Å². The number of hydrogen-bond acceptors (Lipinski definition) is 4. The fourth-order valence-electron chi connectivity index (χ4n) is 3.64. The van der Waals surface area contributed by atoms with E-state index in [9.17, 15) is 20.4 Å². The molecule has 0 fully saturated rings. The molecule has 4 N–H and O–H groups in total. The highest BCUT2D eigenvalue weighted by Gasteiger charge is 2.22. The van der Waals surface area contributed by atoms with Crippen molar-refractivity contribution in [2.45, 2.75) is 32.1 Å². The molecule has 0 saturated carbocycles. The van der Waals surface area contributed by atoms with Crippen molar-refractivity contribution in [1.82, 2.24) is 0 Å². The molecule has 4 heteroatoms. The Morgan fingerprint density at radius 3 is 0.970 bits per heavy atom. The van der Waals surface area contributed by atoms with Crippen molar-refractivity contribution >= 4 is 0 Å². The Morgan fingerprint density at radius 2 is 0.697 bits per heavy atom. The third kappa shape index (κ3) is 6.07. The van der Waals surface area contributed by atoms with E-state index in [0.29, 0.717) is 0 Å². The van der Waals surface area contributed by atoms with Gasteiger partial charge in [0.25, 0.3) is 0 Å². The van der Waals surface area contributed by atoms with Gasteiger partial charge in [-0.2, -0.15) is 0 Å². The fourth-order valence-corrected chi connectivity index (χ4v) is 3.64. The first-order chi connectivity index (χ1) is 15.7. The van der Waals surface area contributed by atoms with E-state index in [1.165, 1.54) is 0 Å². The lowest BCUT2D eigenvalue weighted by molar-refractivity contribution is 0.473. The second-order valence-electron chi connectivity index (χ2n) is 8.62. The third-order valence-electron chi connectivity index (χ3n) is 5.96. The van der Waals surface area contributed by atoms with Crippen LogP contribution in [-0.2, 0) is 5.41 Å². The number of phenolic OH excluding ortho intramolecular Hbond substituents is 4. The van der Waals surface area contributed by atoms with Gasteiger partial charge in [-0.1, -0.05) is 69.3 Å². The molecule has 4 nitrogen and oxygen atoms in total. The van der Waals surface area contributed by atoms with Crippen LogP contribution in [0.25, 0.3) is 0 Å². The highest BCUT2D eigenvalue weighted by atomic mass is 16.3. The zero-order valence-electron chi connectivity index (χ0n) is 19.1. The lowest BCUT2D eigenvalue weighted by atomic mass is 9.78. The number of hydrogen-bond donors (Lipinski definition) is 4. The molecule has 0 bridgehead atoms. The molecule has 0 unspecified atom stereocenters. The van der Waals surface area contributed by atoms with Crippen LogP contribution in [-0.4, -0.2) is 20.4 Å². The Hall–Kier alpha value is -3.92. The van der Waals surface area contributed by atoms with Crippen molar-refractivity contribution in [1.29, 1.82) is 0 Å². The van der Waals surface area contributed by atoms with Crippen molar-refractivity contribution in [3.8, 4) is 23.0 Å². The van der Waals surface area contributed by atoms with E-state index in [2.05, 4.69) is 20.8 Å². The van der Waals surface area contributed by atoms with Gasteiger partial charge in [0, 0.05) is 11.3 Å². The van der Waals surface area contributed by atoms with Crippen LogP contribution >= 0.6 is 0 Å². The SMILES string of the molecule is CC(C)(c1ccc(O)cc1)c1ccc(O)cc1.CC(c1ccc(O)cc1)c1ccc(O)cc1. The van der Waals surface area contributed by atoms with E-state index < -0.39 is 0 Å². The van der Waals surface area contributed by atoms with E-state index in [4.69, 9.17) is 0 Å². The molecule has 4 aromatic rings. The van der Waals surface area contributed by atoms with Crippen molar-refractivity contribution in [3.63, 3.8) is 0 Å². The second-order valence-corrected chi connectivity index (χ2v) is 8.62. The lowest BCUT2D eigenvalue weighted by Gasteiger charge is -2.26. The number of benzene rings is 4. The number of phenols is 4. The van der Waals surface area contributed by atoms with E-state index in [1.54, 1.807) is 48.5 Å². The molecule has 0 amide bonds. The molecule has 4 aromatic carbocycles. The molecular formula is C29H30O4. The van der Waals surface area contributed by atoms with Crippen molar-refractivity contribution in [2.24, 2.45) is 0 Å². The average molecular weight is 443 g/mol. The molecule has 0 saturated heterocycles. The summed E-state index contributed by atoms with van der Waals surface area (Å²) in [5.41, 5.74) is 4.38. The summed E-state index contributed by atoms with van der Waals surface area (Å²) in [6.45, 7) is 6.33. The number of aromatic hydroxyl groups is 4. The summed E-state index contributed by atoms with van der Waals surface area (Å²) < 4.78 is 0. The fraction of sp³-hybridized carbons (Fsp3) is 0.172. The maximum absolute atomic E-state index is 9.30. The summed E-state index contributed by atoms with van der Waals surface area (Å²) in [6, 6.07) is 28.8. The van der Waals surface area contributed by atoms with Gasteiger partial charge >= 0.3 is 0 Å². The maximum atomic E-state index is 9.30. The van der Waals surface area contributed by atoms with Crippen LogP contribution in [0, 0.1) is 0 Å². The van der Waals surface area contributed by atoms with Crippen LogP contribution in [0.4, 0.5) is 0 Å². The van der Waals surface area contributed by atoms with Crippen LogP contribution in [0.5, 0.6) is 23.0 Å². The molecule has 0 atom stereocenters. The Bertz CT molecular complexity index is 1050. The highest BCUT2D eigenvalue weighted by molar-refractivity contribution is 5.41. The molecule has 0 aliphatic carbocycles. The van der Waals surface area contributed by atoms with Gasteiger partial charge in [0.15, 0.2) is 0 Å². The largest absolute Gasteiger partial charge is 0.508 e. The molecule has 4 rings (SSSR count). The van der Waals surface area contributed by atoms with Crippen LogP contribution in [0.2, 0.25) is 0 Å². The molecule has 0 aromatic heterocycles. The molecule has 0 heterocycles. The topological polar surface area (TPSA) is 80.9 Å². The Labute approximate surface area is 195 Å². The Balaban J connectivity index is 0.000000186. The summed E-state index contributed by atoms with van der Waals surface area (Å²) in [7, 11) is 0. The Morgan fingerprint density at radius 1 is 0.455 bits per heavy atom. The predicted molar refractivity (Wildman–Crippen MR) is 132 cm³/mol. The summed E-state index contributed by atoms with van der Waals surface area (Å²) in [5, 5.41) is 37.0. The predicted octanol–water partition coefficient (Wildman–Crippen LogP) is 6.67. The normalized spacial score (nSPS) is 11.0. The van der Waals surface area contributed by atoms with Gasteiger partial charge in [-0.3, -0.25) is 0 Å². The molecule has 33 heavy (non-hydrogen) atoms. The summed E-state index contributed by atoms with van der Waals surface area (Å²) >= 11 is 0. The molecule has 170 valence electrons. The van der Waals surface area contributed by atoms with Crippen LogP contribution in [0.1, 0.15) is 48.9 Å². The average Bonchev–Trinajstić information content (AvgIpc) is 2.81. The minimum atomic E-state index is -0.151. The van der Waals surface area contributed by atoms with Gasteiger partial charge in [-0.05, 0) is 70.8 Å². The lowest BCUT2D eigenvalue weighted by Crippen LogP contribution is -2.18. The molecular weight excluding hydrogens is 412 g/mol. The van der Waals surface area contributed by atoms with Gasteiger partial charge in [0.2, 0.25) is 0 Å². The monoisotopic (exact) mass is 442 g/mol. The van der Waals surface area contributed by atoms with Crippen molar-refractivity contribution in [2.75, 3.05) is 0 Å². The van der Waals surface area contributed by atoms with E-state index >= 15 is 0 Å². The van der Waals surface area contributed by atoms with Crippen LogP contribution in [0.15, 0.2) is 97.1 Å².